The van der Waals surface area contributed by atoms with Crippen LogP contribution in [0.25, 0.3) is 11.1 Å². The molecule has 4 rings (SSSR count). The van der Waals surface area contributed by atoms with Gasteiger partial charge in [0.15, 0.2) is 5.90 Å². The van der Waals surface area contributed by atoms with Crippen molar-refractivity contribution in [1.82, 2.24) is 0 Å². The third kappa shape index (κ3) is 4.45. The standard InChI is InChI=1S/C24H21F2NO2/c1-28-20-11-9-18(10-12-20)17-7-5-16(6-8-17)13-19-15-29-24(27-19)14-21-22(25)3-2-4-23(21)26/h2-12,19H,13-15H2,1H3. The lowest BCUT2D eigenvalue weighted by Crippen LogP contribution is -2.10. The van der Waals surface area contributed by atoms with Crippen LogP contribution in [-0.2, 0) is 17.6 Å². The highest BCUT2D eigenvalue weighted by atomic mass is 19.1. The first-order valence-electron chi connectivity index (χ1n) is 9.48. The van der Waals surface area contributed by atoms with E-state index in [2.05, 4.69) is 29.3 Å². The first-order valence-corrected chi connectivity index (χ1v) is 9.48. The maximum absolute atomic E-state index is 13.8. The molecule has 1 heterocycles. The summed E-state index contributed by atoms with van der Waals surface area (Å²) in [6, 6.07) is 20.0. The Kier molecular flexibility index (Phi) is 5.56. The Labute approximate surface area is 168 Å². The molecule has 3 aromatic carbocycles. The number of rotatable bonds is 6. The zero-order chi connectivity index (χ0) is 20.2. The molecule has 1 atom stereocenters. The second kappa shape index (κ2) is 8.43. The van der Waals surface area contributed by atoms with Crippen LogP contribution in [0, 0.1) is 11.6 Å². The van der Waals surface area contributed by atoms with Gasteiger partial charge < -0.3 is 9.47 Å². The van der Waals surface area contributed by atoms with Gasteiger partial charge >= 0.3 is 0 Å². The van der Waals surface area contributed by atoms with E-state index in [1.165, 1.54) is 18.2 Å². The van der Waals surface area contributed by atoms with Crippen molar-refractivity contribution in [3.05, 3.63) is 89.5 Å². The third-order valence-corrected chi connectivity index (χ3v) is 5.01. The molecule has 0 bridgehead atoms. The zero-order valence-electron chi connectivity index (χ0n) is 16.1. The summed E-state index contributed by atoms with van der Waals surface area (Å²) in [5, 5.41) is 0. The Morgan fingerprint density at radius 2 is 1.55 bits per heavy atom. The SMILES string of the molecule is COc1ccc(-c2ccc(CC3COC(Cc4c(F)cccc4F)=N3)cc2)cc1. The zero-order valence-corrected chi connectivity index (χ0v) is 16.1. The molecule has 0 aromatic heterocycles. The summed E-state index contributed by atoms with van der Waals surface area (Å²) in [7, 11) is 1.65. The summed E-state index contributed by atoms with van der Waals surface area (Å²) in [6.45, 7) is 0.422. The van der Waals surface area contributed by atoms with Gasteiger partial charge in [-0.05, 0) is 47.4 Å². The van der Waals surface area contributed by atoms with Gasteiger partial charge in [0.05, 0.1) is 19.6 Å². The Bertz CT molecular complexity index is 994. The minimum absolute atomic E-state index is 0.00394. The van der Waals surface area contributed by atoms with Crippen LogP contribution < -0.4 is 4.74 Å². The van der Waals surface area contributed by atoms with Crippen LogP contribution in [0.4, 0.5) is 8.78 Å². The highest BCUT2D eigenvalue weighted by Gasteiger charge is 2.21. The number of hydrogen-bond donors (Lipinski definition) is 0. The minimum Gasteiger partial charge on any atom is -0.497 e. The van der Waals surface area contributed by atoms with E-state index in [-0.39, 0.29) is 18.0 Å². The molecule has 0 spiro atoms. The van der Waals surface area contributed by atoms with Gasteiger partial charge in [-0.25, -0.2) is 13.8 Å². The van der Waals surface area contributed by atoms with Crippen LogP contribution in [0.5, 0.6) is 5.75 Å². The van der Waals surface area contributed by atoms with Crippen LogP contribution in [-0.4, -0.2) is 25.7 Å². The second-order valence-electron chi connectivity index (χ2n) is 6.99. The van der Waals surface area contributed by atoms with Crippen molar-refractivity contribution in [3.63, 3.8) is 0 Å². The summed E-state index contributed by atoms with van der Waals surface area (Å²) < 4.78 is 38.4. The molecular weight excluding hydrogens is 372 g/mol. The van der Waals surface area contributed by atoms with E-state index in [0.717, 1.165) is 22.4 Å². The molecule has 0 N–H and O–H groups in total. The highest BCUT2D eigenvalue weighted by Crippen LogP contribution is 2.24. The van der Waals surface area contributed by atoms with Gasteiger partial charge in [0, 0.05) is 5.56 Å². The van der Waals surface area contributed by atoms with E-state index in [0.29, 0.717) is 18.9 Å². The normalized spacial score (nSPS) is 15.7. The predicted octanol–water partition coefficient (Wildman–Crippen LogP) is 5.22. The fraction of sp³-hybridized carbons (Fsp3) is 0.208. The van der Waals surface area contributed by atoms with Crippen LogP contribution in [0.3, 0.4) is 0 Å². The van der Waals surface area contributed by atoms with Crippen molar-refractivity contribution in [1.29, 1.82) is 0 Å². The third-order valence-electron chi connectivity index (χ3n) is 5.01. The Morgan fingerprint density at radius 1 is 0.931 bits per heavy atom. The molecule has 3 nitrogen and oxygen atoms in total. The van der Waals surface area contributed by atoms with Crippen molar-refractivity contribution in [2.45, 2.75) is 18.9 Å². The molecule has 0 radical (unpaired) electrons. The molecule has 3 aromatic rings. The average Bonchev–Trinajstić information content (AvgIpc) is 3.18. The molecule has 0 aliphatic carbocycles. The fourth-order valence-electron chi connectivity index (χ4n) is 3.41. The smallest absolute Gasteiger partial charge is 0.188 e. The van der Waals surface area contributed by atoms with Crippen molar-refractivity contribution >= 4 is 5.90 Å². The summed E-state index contributed by atoms with van der Waals surface area (Å²) in [5.74, 6) is 0.0622. The van der Waals surface area contributed by atoms with Crippen LogP contribution >= 0.6 is 0 Å². The monoisotopic (exact) mass is 393 g/mol. The van der Waals surface area contributed by atoms with Crippen molar-refractivity contribution in [3.8, 4) is 16.9 Å². The summed E-state index contributed by atoms with van der Waals surface area (Å²) >= 11 is 0. The fourth-order valence-corrected chi connectivity index (χ4v) is 3.41. The molecule has 0 fully saturated rings. The van der Waals surface area contributed by atoms with Gasteiger partial charge in [-0.15, -0.1) is 0 Å². The maximum Gasteiger partial charge on any atom is 0.188 e. The largest absolute Gasteiger partial charge is 0.497 e. The Hall–Kier alpha value is -3.21. The number of hydrogen-bond acceptors (Lipinski definition) is 3. The molecule has 1 aliphatic heterocycles. The van der Waals surface area contributed by atoms with Gasteiger partial charge in [0.2, 0.25) is 0 Å². The van der Waals surface area contributed by atoms with E-state index >= 15 is 0 Å². The average molecular weight is 393 g/mol. The van der Waals surface area contributed by atoms with Gasteiger partial charge in [0.1, 0.15) is 24.0 Å². The summed E-state index contributed by atoms with van der Waals surface area (Å²) in [4.78, 5) is 4.51. The lowest BCUT2D eigenvalue weighted by molar-refractivity contribution is 0.310. The molecular formula is C24H21F2NO2. The summed E-state index contributed by atoms with van der Waals surface area (Å²) in [6.07, 6.45) is 0.748. The summed E-state index contributed by atoms with van der Waals surface area (Å²) in [5.41, 5.74) is 3.38. The molecule has 29 heavy (non-hydrogen) atoms. The van der Waals surface area contributed by atoms with E-state index in [4.69, 9.17) is 9.47 Å². The van der Waals surface area contributed by atoms with Gasteiger partial charge in [-0.3, -0.25) is 0 Å². The second-order valence-corrected chi connectivity index (χ2v) is 6.99. The first kappa shape index (κ1) is 19.1. The first-order chi connectivity index (χ1) is 14.1. The molecule has 1 aliphatic rings. The van der Waals surface area contributed by atoms with Gasteiger partial charge in [0.25, 0.3) is 0 Å². The molecule has 148 valence electrons. The number of ether oxygens (including phenoxy) is 2. The van der Waals surface area contributed by atoms with E-state index in [1.54, 1.807) is 7.11 Å². The maximum atomic E-state index is 13.8. The van der Waals surface area contributed by atoms with Crippen LogP contribution in [0.2, 0.25) is 0 Å². The topological polar surface area (TPSA) is 30.8 Å². The van der Waals surface area contributed by atoms with Crippen molar-refractivity contribution in [2.24, 2.45) is 4.99 Å². The predicted molar refractivity (Wildman–Crippen MR) is 109 cm³/mol. The lowest BCUT2D eigenvalue weighted by atomic mass is 10.0. The van der Waals surface area contributed by atoms with Crippen LogP contribution in [0.1, 0.15) is 11.1 Å². The van der Waals surface area contributed by atoms with Crippen molar-refractivity contribution in [2.75, 3.05) is 13.7 Å². The Balaban J connectivity index is 1.40. The Morgan fingerprint density at radius 3 is 2.17 bits per heavy atom. The number of nitrogens with zero attached hydrogens (tertiary/aromatic N) is 1. The van der Waals surface area contributed by atoms with E-state index in [9.17, 15) is 8.78 Å². The number of halogens is 2. The van der Waals surface area contributed by atoms with Crippen molar-refractivity contribution < 1.29 is 18.3 Å². The molecule has 1 unspecified atom stereocenters. The van der Waals surface area contributed by atoms with E-state index in [1.807, 2.05) is 24.3 Å². The number of aliphatic imine (C=N–C) groups is 1. The minimum atomic E-state index is -0.575. The van der Waals surface area contributed by atoms with Crippen LogP contribution in [0.15, 0.2) is 71.7 Å². The number of methoxy groups -OCH3 is 1. The molecule has 0 amide bonds. The highest BCUT2D eigenvalue weighted by molar-refractivity contribution is 5.80. The molecule has 5 heteroatoms. The van der Waals surface area contributed by atoms with Gasteiger partial charge in [-0.2, -0.15) is 0 Å². The number of benzene rings is 3. The van der Waals surface area contributed by atoms with Gasteiger partial charge in [-0.1, -0.05) is 42.5 Å². The molecule has 0 saturated heterocycles. The molecule has 0 saturated carbocycles. The van der Waals surface area contributed by atoms with E-state index < -0.39 is 11.6 Å². The lowest BCUT2D eigenvalue weighted by Gasteiger charge is -2.07. The quantitative estimate of drug-likeness (QED) is 0.575.